The van der Waals surface area contributed by atoms with Crippen molar-refractivity contribution in [1.29, 1.82) is 0 Å². The van der Waals surface area contributed by atoms with Crippen molar-refractivity contribution in [3.05, 3.63) is 76.7 Å². The largest absolute Gasteiger partial charge is 0.467 e. The fraction of sp³-hybridized carbons (Fsp3) is 0.0556. The molecule has 0 unspecified atom stereocenters. The number of benzene rings is 2. The predicted octanol–water partition coefficient (Wildman–Crippen LogP) is 4.87. The number of furan rings is 1. The van der Waals surface area contributed by atoms with E-state index < -0.39 is 10.0 Å². The van der Waals surface area contributed by atoms with Gasteiger partial charge < -0.3 is 15.1 Å². The fourth-order valence-electron chi connectivity index (χ4n) is 2.25. The lowest BCUT2D eigenvalue weighted by atomic mass is 10.3. The van der Waals surface area contributed by atoms with Crippen LogP contribution < -0.4 is 15.4 Å². The lowest BCUT2D eigenvalue weighted by molar-refractivity contribution is 0.503. The van der Waals surface area contributed by atoms with Crippen molar-refractivity contribution in [2.75, 3.05) is 10.0 Å². The second kappa shape index (κ2) is 8.83. The quantitative estimate of drug-likeness (QED) is 0.459. The molecule has 2 aromatic carbocycles. The minimum atomic E-state index is -3.77. The molecule has 6 nitrogen and oxygen atoms in total. The first-order valence-corrected chi connectivity index (χ1v) is 10.6. The van der Waals surface area contributed by atoms with Crippen molar-refractivity contribution in [2.45, 2.75) is 11.4 Å². The molecule has 28 heavy (non-hydrogen) atoms. The van der Waals surface area contributed by atoms with Crippen LogP contribution in [-0.4, -0.2) is 13.5 Å². The number of halogens is 2. The van der Waals surface area contributed by atoms with E-state index in [1.54, 1.807) is 24.5 Å². The maximum absolute atomic E-state index is 12.5. The molecule has 0 saturated heterocycles. The van der Waals surface area contributed by atoms with Gasteiger partial charge in [0, 0.05) is 5.69 Å². The average Bonchev–Trinajstić information content (AvgIpc) is 3.17. The zero-order valence-corrected chi connectivity index (χ0v) is 17.4. The molecule has 0 bridgehead atoms. The Kier molecular flexibility index (Phi) is 6.46. The Balaban J connectivity index is 1.62. The third-order valence-electron chi connectivity index (χ3n) is 3.60. The molecule has 3 aromatic rings. The Bertz CT molecular complexity index is 1070. The highest BCUT2D eigenvalue weighted by Gasteiger charge is 2.15. The number of hydrogen-bond donors (Lipinski definition) is 3. The highest BCUT2D eigenvalue weighted by atomic mass is 35.5. The number of hydrogen-bond acceptors (Lipinski definition) is 4. The molecule has 1 aromatic heterocycles. The van der Waals surface area contributed by atoms with Gasteiger partial charge in [-0.15, -0.1) is 0 Å². The van der Waals surface area contributed by atoms with Gasteiger partial charge in [0.1, 0.15) is 5.76 Å². The summed E-state index contributed by atoms with van der Waals surface area (Å²) in [7, 11) is -3.77. The van der Waals surface area contributed by atoms with Gasteiger partial charge in [0.05, 0.1) is 33.4 Å². The second-order valence-electron chi connectivity index (χ2n) is 5.65. The first-order valence-electron chi connectivity index (χ1n) is 7.99. The van der Waals surface area contributed by atoms with Crippen molar-refractivity contribution in [1.82, 2.24) is 5.32 Å². The zero-order valence-electron chi connectivity index (χ0n) is 14.3. The highest BCUT2D eigenvalue weighted by Crippen LogP contribution is 2.26. The maximum atomic E-state index is 12.5. The summed E-state index contributed by atoms with van der Waals surface area (Å²) in [6.45, 7) is 0.443. The van der Waals surface area contributed by atoms with Crippen LogP contribution in [-0.2, 0) is 16.6 Å². The summed E-state index contributed by atoms with van der Waals surface area (Å²) in [6, 6.07) is 14.3. The maximum Gasteiger partial charge on any atom is 0.261 e. The van der Waals surface area contributed by atoms with Crippen LogP contribution in [0.15, 0.2) is 70.2 Å². The monoisotopic (exact) mass is 455 g/mol. The molecule has 0 aliphatic heterocycles. The standard InChI is InChI=1S/C18H15Cl2N3O3S2/c19-16-8-5-13(10-17(16)20)23-28(24,25)15-6-3-12(4-7-15)22-18(27)21-11-14-2-1-9-26-14/h1-10,23H,11H2,(H2,21,22,27). The molecule has 0 fully saturated rings. The van der Waals surface area contributed by atoms with Gasteiger partial charge in [0.15, 0.2) is 5.11 Å². The summed E-state index contributed by atoms with van der Waals surface area (Å²) in [5.41, 5.74) is 0.963. The molecule has 0 amide bonds. The van der Waals surface area contributed by atoms with E-state index in [9.17, 15) is 8.42 Å². The summed E-state index contributed by atoms with van der Waals surface area (Å²) in [6.07, 6.45) is 1.58. The van der Waals surface area contributed by atoms with Crippen LogP contribution in [0.2, 0.25) is 10.0 Å². The Labute approximate surface area is 177 Å². The molecule has 0 radical (unpaired) electrons. The van der Waals surface area contributed by atoms with E-state index in [1.165, 1.54) is 30.3 Å². The van der Waals surface area contributed by atoms with Gasteiger partial charge in [0.25, 0.3) is 10.0 Å². The van der Waals surface area contributed by atoms with E-state index in [-0.39, 0.29) is 9.92 Å². The van der Waals surface area contributed by atoms with Gasteiger partial charge in [-0.1, -0.05) is 23.2 Å². The van der Waals surface area contributed by atoms with E-state index in [1.807, 2.05) is 6.07 Å². The molecule has 0 aliphatic rings. The third kappa shape index (κ3) is 5.39. The normalized spacial score (nSPS) is 11.1. The Morgan fingerprint density at radius 3 is 2.36 bits per heavy atom. The zero-order chi connectivity index (χ0) is 20.1. The van der Waals surface area contributed by atoms with Crippen LogP contribution in [0.3, 0.4) is 0 Å². The van der Waals surface area contributed by atoms with Crippen LogP contribution in [0.25, 0.3) is 0 Å². The van der Waals surface area contributed by atoms with E-state index in [2.05, 4.69) is 15.4 Å². The molecule has 0 spiro atoms. The van der Waals surface area contributed by atoms with Crippen LogP contribution in [0, 0.1) is 0 Å². The van der Waals surface area contributed by atoms with E-state index >= 15 is 0 Å². The molecule has 3 N–H and O–H groups in total. The number of thiocarbonyl (C=S) groups is 1. The number of anilines is 2. The van der Waals surface area contributed by atoms with Crippen LogP contribution in [0.1, 0.15) is 5.76 Å². The molecule has 1 heterocycles. The van der Waals surface area contributed by atoms with E-state index in [0.29, 0.717) is 28.1 Å². The molecule has 0 aliphatic carbocycles. The summed E-state index contributed by atoms with van der Waals surface area (Å²) in [5, 5.41) is 6.97. The average molecular weight is 456 g/mol. The molecule has 10 heteroatoms. The van der Waals surface area contributed by atoms with Gasteiger partial charge in [-0.05, 0) is 66.8 Å². The number of rotatable bonds is 6. The van der Waals surface area contributed by atoms with Crippen LogP contribution in [0.4, 0.5) is 11.4 Å². The molecular weight excluding hydrogens is 441 g/mol. The Morgan fingerprint density at radius 1 is 1.00 bits per heavy atom. The molecule has 3 rings (SSSR count). The van der Waals surface area contributed by atoms with Crippen molar-refractivity contribution < 1.29 is 12.8 Å². The molecule has 0 saturated carbocycles. The minimum Gasteiger partial charge on any atom is -0.467 e. The van der Waals surface area contributed by atoms with Crippen LogP contribution >= 0.6 is 35.4 Å². The molecule has 0 atom stereocenters. The summed E-state index contributed by atoms with van der Waals surface area (Å²) < 4.78 is 32.7. The van der Waals surface area contributed by atoms with Crippen molar-refractivity contribution in [3.63, 3.8) is 0 Å². The fourth-order valence-corrected chi connectivity index (χ4v) is 3.78. The predicted molar refractivity (Wildman–Crippen MR) is 115 cm³/mol. The second-order valence-corrected chi connectivity index (χ2v) is 8.55. The highest BCUT2D eigenvalue weighted by molar-refractivity contribution is 7.92. The van der Waals surface area contributed by atoms with Gasteiger partial charge >= 0.3 is 0 Å². The third-order valence-corrected chi connectivity index (χ3v) is 5.98. The van der Waals surface area contributed by atoms with Crippen molar-refractivity contribution in [3.8, 4) is 0 Å². The first-order chi connectivity index (χ1) is 13.3. The smallest absolute Gasteiger partial charge is 0.261 e. The van der Waals surface area contributed by atoms with E-state index in [4.69, 9.17) is 39.8 Å². The summed E-state index contributed by atoms with van der Waals surface area (Å²) in [4.78, 5) is 0.0959. The van der Waals surface area contributed by atoms with Gasteiger partial charge in [-0.25, -0.2) is 8.42 Å². The van der Waals surface area contributed by atoms with Gasteiger partial charge in [-0.2, -0.15) is 0 Å². The summed E-state index contributed by atoms with van der Waals surface area (Å²) >= 11 is 17.0. The van der Waals surface area contributed by atoms with Gasteiger partial charge in [-0.3, -0.25) is 4.72 Å². The lowest BCUT2D eigenvalue weighted by Crippen LogP contribution is -2.27. The number of sulfonamides is 1. The number of nitrogens with one attached hydrogen (secondary N) is 3. The molecular formula is C18H15Cl2N3O3S2. The van der Waals surface area contributed by atoms with Crippen molar-refractivity contribution in [2.24, 2.45) is 0 Å². The van der Waals surface area contributed by atoms with Crippen LogP contribution in [0.5, 0.6) is 0 Å². The molecule has 146 valence electrons. The first kappa shape index (κ1) is 20.5. The van der Waals surface area contributed by atoms with Gasteiger partial charge in [0.2, 0.25) is 0 Å². The van der Waals surface area contributed by atoms with Crippen molar-refractivity contribution >= 4 is 61.9 Å². The van der Waals surface area contributed by atoms with E-state index in [0.717, 1.165) is 5.76 Å². The Morgan fingerprint density at radius 2 is 1.71 bits per heavy atom. The Hall–Kier alpha value is -2.26. The topological polar surface area (TPSA) is 83.4 Å². The minimum absolute atomic E-state index is 0.0959. The summed E-state index contributed by atoms with van der Waals surface area (Å²) in [5.74, 6) is 0.749. The lowest BCUT2D eigenvalue weighted by Gasteiger charge is -2.11. The SMILES string of the molecule is O=S(=O)(Nc1ccc(Cl)c(Cl)c1)c1ccc(NC(=S)NCc2ccco2)cc1.